The molecule has 28 heavy (non-hydrogen) atoms. The number of ether oxygens (including phenoxy) is 5. The summed E-state index contributed by atoms with van der Waals surface area (Å²) in [6, 6.07) is 10.8. The molecule has 0 bridgehead atoms. The van der Waals surface area contributed by atoms with Crippen LogP contribution < -0.4 is 18.9 Å². The second-order valence-electron chi connectivity index (χ2n) is 6.86. The minimum Gasteiger partial charge on any atom is -0.497 e. The van der Waals surface area contributed by atoms with Gasteiger partial charge in [0.15, 0.2) is 11.5 Å². The van der Waals surface area contributed by atoms with E-state index in [0.717, 1.165) is 5.56 Å². The minimum absolute atomic E-state index is 0.172. The maximum atomic E-state index is 12.4. The Morgan fingerprint density at radius 1 is 1.07 bits per heavy atom. The zero-order chi connectivity index (χ0) is 19.7. The van der Waals surface area contributed by atoms with Crippen molar-refractivity contribution in [1.29, 1.82) is 0 Å². The largest absolute Gasteiger partial charge is 0.497 e. The number of esters is 1. The van der Waals surface area contributed by atoms with Crippen LogP contribution >= 0.6 is 0 Å². The number of methoxy groups -OCH3 is 2. The molecule has 2 heterocycles. The highest BCUT2D eigenvalue weighted by Gasteiger charge is 2.43. The van der Waals surface area contributed by atoms with Crippen molar-refractivity contribution in [1.82, 2.24) is 0 Å². The minimum atomic E-state index is -1.05. The molecule has 7 heteroatoms. The van der Waals surface area contributed by atoms with Gasteiger partial charge >= 0.3 is 5.97 Å². The molecule has 0 radical (unpaired) electrons. The van der Waals surface area contributed by atoms with Gasteiger partial charge in [-0.1, -0.05) is 6.07 Å². The van der Waals surface area contributed by atoms with E-state index in [1.807, 2.05) is 18.2 Å². The molecule has 1 fully saturated rings. The van der Waals surface area contributed by atoms with Gasteiger partial charge in [-0.15, -0.1) is 0 Å². The number of hydrogen-bond acceptors (Lipinski definition) is 7. The van der Waals surface area contributed by atoms with Gasteiger partial charge in [0.05, 0.1) is 32.8 Å². The fourth-order valence-electron chi connectivity index (χ4n) is 3.78. The Hall–Kier alpha value is -2.93. The SMILES string of the molecule is COc1ccc([C@@H](O)[C@H]2C(=O)OC[C@@H]2Cc2ccc3c(c2)OCO3)c(OC)c1. The van der Waals surface area contributed by atoms with Gasteiger partial charge in [-0.05, 0) is 36.2 Å². The van der Waals surface area contributed by atoms with E-state index < -0.39 is 18.0 Å². The molecule has 148 valence electrons. The van der Waals surface area contributed by atoms with Gasteiger partial charge in [0, 0.05) is 17.5 Å². The van der Waals surface area contributed by atoms with E-state index in [1.54, 1.807) is 25.3 Å². The lowest BCUT2D eigenvalue weighted by molar-refractivity contribution is -0.144. The number of carbonyl (C=O) groups excluding carboxylic acids is 1. The molecule has 2 aromatic rings. The third-order valence-corrected chi connectivity index (χ3v) is 5.25. The molecule has 1 N–H and O–H groups in total. The fraction of sp³-hybridized carbons (Fsp3) is 0.381. The first-order valence-corrected chi connectivity index (χ1v) is 9.06. The summed E-state index contributed by atoms with van der Waals surface area (Å²) in [6.07, 6.45) is -0.474. The third kappa shape index (κ3) is 3.33. The highest BCUT2D eigenvalue weighted by molar-refractivity contribution is 5.76. The molecule has 2 aromatic carbocycles. The van der Waals surface area contributed by atoms with Gasteiger partial charge < -0.3 is 28.8 Å². The van der Waals surface area contributed by atoms with E-state index in [0.29, 0.717) is 35.0 Å². The standard InChI is InChI=1S/C21H22O7/c1-24-14-4-5-15(17(9-14)25-2)20(22)19-13(10-26-21(19)23)7-12-3-6-16-18(8-12)28-11-27-16/h3-6,8-9,13,19-20,22H,7,10-11H2,1-2H3/t13-,19-,20+/m0/s1. The van der Waals surface area contributed by atoms with Crippen LogP contribution in [0.5, 0.6) is 23.0 Å². The van der Waals surface area contributed by atoms with Crippen LogP contribution in [0.3, 0.4) is 0 Å². The normalized spacial score (nSPS) is 21.3. The average Bonchev–Trinajstić information content (AvgIpc) is 3.33. The summed E-state index contributed by atoms with van der Waals surface area (Å²) in [5.74, 6) is 1.21. The van der Waals surface area contributed by atoms with Crippen LogP contribution in [0.4, 0.5) is 0 Å². The molecule has 0 spiro atoms. The second-order valence-corrected chi connectivity index (χ2v) is 6.86. The zero-order valence-electron chi connectivity index (χ0n) is 15.7. The van der Waals surface area contributed by atoms with Crippen molar-refractivity contribution in [2.45, 2.75) is 12.5 Å². The van der Waals surface area contributed by atoms with E-state index in [1.165, 1.54) is 7.11 Å². The van der Waals surface area contributed by atoms with Gasteiger partial charge in [-0.2, -0.15) is 0 Å². The zero-order valence-corrected chi connectivity index (χ0v) is 15.7. The molecule has 0 saturated carbocycles. The maximum Gasteiger partial charge on any atom is 0.312 e. The fourth-order valence-corrected chi connectivity index (χ4v) is 3.78. The molecule has 0 amide bonds. The lowest BCUT2D eigenvalue weighted by Crippen LogP contribution is -2.25. The van der Waals surface area contributed by atoms with Crippen LogP contribution in [0.25, 0.3) is 0 Å². The van der Waals surface area contributed by atoms with E-state index >= 15 is 0 Å². The number of hydrogen-bond donors (Lipinski definition) is 1. The topological polar surface area (TPSA) is 83.5 Å². The van der Waals surface area contributed by atoms with Crippen LogP contribution in [-0.2, 0) is 16.0 Å². The van der Waals surface area contributed by atoms with Crippen molar-refractivity contribution in [3.05, 3.63) is 47.5 Å². The van der Waals surface area contributed by atoms with Crippen molar-refractivity contribution in [3.8, 4) is 23.0 Å². The summed E-state index contributed by atoms with van der Waals surface area (Å²) in [5.41, 5.74) is 1.52. The van der Waals surface area contributed by atoms with Crippen molar-refractivity contribution < 1.29 is 33.6 Å². The van der Waals surface area contributed by atoms with Crippen molar-refractivity contribution >= 4 is 5.97 Å². The predicted octanol–water partition coefficient (Wildman–Crippen LogP) is 2.50. The summed E-state index contributed by atoms with van der Waals surface area (Å²) in [7, 11) is 3.07. The number of fused-ring (bicyclic) bond motifs is 1. The number of aliphatic hydroxyl groups excluding tert-OH is 1. The average molecular weight is 386 g/mol. The highest BCUT2D eigenvalue weighted by Crippen LogP contribution is 2.41. The Bertz CT molecular complexity index is 879. The van der Waals surface area contributed by atoms with Gasteiger partial charge in [-0.25, -0.2) is 0 Å². The Morgan fingerprint density at radius 2 is 1.89 bits per heavy atom. The number of rotatable bonds is 6. The molecular formula is C21H22O7. The summed E-state index contributed by atoms with van der Waals surface area (Å²) < 4.78 is 26.6. The van der Waals surface area contributed by atoms with Crippen molar-refractivity contribution in [2.24, 2.45) is 11.8 Å². The van der Waals surface area contributed by atoms with E-state index in [9.17, 15) is 9.90 Å². The summed E-state index contributed by atoms with van der Waals surface area (Å²) in [5, 5.41) is 11.0. The van der Waals surface area contributed by atoms with Crippen LogP contribution in [0.1, 0.15) is 17.2 Å². The van der Waals surface area contributed by atoms with E-state index in [-0.39, 0.29) is 19.3 Å². The predicted molar refractivity (Wildman–Crippen MR) is 98.7 cm³/mol. The van der Waals surface area contributed by atoms with Crippen LogP contribution in [-0.4, -0.2) is 38.7 Å². The van der Waals surface area contributed by atoms with Crippen molar-refractivity contribution in [2.75, 3.05) is 27.6 Å². The monoisotopic (exact) mass is 386 g/mol. The highest BCUT2D eigenvalue weighted by atomic mass is 16.7. The first kappa shape index (κ1) is 18.4. The third-order valence-electron chi connectivity index (χ3n) is 5.25. The first-order chi connectivity index (χ1) is 13.6. The van der Waals surface area contributed by atoms with Gasteiger partial charge in [0.2, 0.25) is 6.79 Å². The number of cyclic esters (lactones) is 1. The smallest absolute Gasteiger partial charge is 0.312 e. The van der Waals surface area contributed by atoms with Crippen LogP contribution in [0.2, 0.25) is 0 Å². The number of aliphatic hydroxyl groups is 1. The number of benzene rings is 2. The quantitative estimate of drug-likeness (QED) is 0.764. The molecule has 0 aromatic heterocycles. The molecule has 4 rings (SSSR count). The molecule has 3 atom stereocenters. The van der Waals surface area contributed by atoms with Gasteiger partial charge in [0.25, 0.3) is 0 Å². The Kier molecular flexibility index (Phi) is 5.00. The lowest BCUT2D eigenvalue weighted by Gasteiger charge is -2.23. The van der Waals surface area contributed by atoms with Gasteiger partial charge in [0.1, 0.15) is 11.5 Å². The molecule has 0 aliphatic carbocycles. The molecule has 2 aliphatic heterocycles. The lowest BCUT2D eigenvalue weighted by atomic mass is 9.82. The Morgan fingerprint density at radius 3 is 2.68 bits per heavy atom. The summed E-state index contributed by atoms with van der Waals surface area (Å²) in [6.45, 7) is 0.468. The van der Waals surface area contributed by atoms with E-state index in [4.69, 9.17) is 23.7 Å². The Balaban J connectivity index is 1.57. The Labute approximate surface area is 162 Å². The molecule has 0 unspecified atom stereocenters. The van der Waals surface area contributed by atoms with Crippen molar-refractivity contribution in [3.63, 3.8) is 0 Å². The summed E-state index contributed by atoms with van der Waals surface area (Å²) >= 11 is 0. The molecular weight excluding hydrogens is 364 g/mol. The molecule has 7 nitrogen and oxygen atoms in total. The first-order valence-electron chi connectivity index (χ1n) is 9.06. The second kappa shape index (κ2) is 7.59. The van der Waals surface area contributed by atoms with Crippen LogP contribution in [0, 0.1) is 11.8 Å². The van der Waals surface area contributed by atoms with Gasteiger partial charge in [-0.3, -0.25) is 4.79 Å². The van der Waals surface area contributed by atoms with Crippen LogP contribution in [0.15, 0.2) is 36.4 Å². The molecule has 2 aliphatic rings. The van der Waals surface area contributed by atoms with E-state index in [2.05, 4.69) is 0 Å². The number of carbonyl (C=O) groups is 1. The molecule has 1 saturated heterocycles. The maximum absolute atomic E-state index is 12.4. The summed E-state index contributed by atoms with van der Waals surface area (Å²) in [4.78, 5) is 12.4.